The van der Waals surface area contributed by atoms with Gasteiger partial charge in [-0.15, -0.1) is 0 Å². The molecule has 2 N–H and O–H groups in total. The lowest BCUT2D eigenvalue weighted by molar-refractivity contribution is 0.559. The van der Waals surface area contributed by atoms with Crippen LogP contribution in [-0.2, 0) is 0 Å². The third-order valence-electron chi connectivity index (χ3n) is 2.35. The number of rotatable bonds is 4. The van der Waals surface area contributed by atoms with Crippen LogP contribution in [0.15, 0.2) is 53.8 Å². The number of nitrogens with zero attached hydrogens (tertiary/aromatic N) is 2. The van der Waals surface area contributed by atoms with Crippen LogP contribution in [0, 0.1) is 0 Å². The van der Waals surface area contributed by atoms with Gasteiger partial charge in [-0.1, -0.05) is 30.3 Å². The van der Waals surface area contributed by atoms with E-state index in [1.165, 1.54) is 0 Å². The first-order chi connectivity index (χ1) is 8.75. The van der Waals surface area contributed by atoms with Crippen molar-refractivity contribution in [1.82, 2.24) is 10.3 Å². The predicted octanol–water partition coefficient (Wildman–Crippen LogP) is 1.78. The Balaban J connectivity index is 2.09. The van der Waals surface area contributed by atoms with Gasteiger partial charge in [0.2, 0.25) is 0 Å². The largest absolute Gasteiger partial charge is 0.432 e. The maximum Gasteiger partial charge on any atom is 0.423 e. The quantitative estimate of drug-likeness (QED) is 0.485. The van der Waals surface area contributed by atoms with E-state index in [1.807, 2.05) is 42.5 Å². The Morgan fingerprint density at radius 2 is 2.00 bits per heavy atom. The monoisotopic (exact) mass is 239 g/mol. The van der Waals surface area contributed by atoms with Crippen LogP contribution in [0.4, 0.5) is 0 Å². The van der Waals surface area contributed by atoms with Crippen molar-refractivity contribution < 1.29 is 5.02 Å². The van der Waals surface area contributed by atoms with Gasteiger partial charge in [0.1, 0.15) is 0 Å². The number of hydrogen-bond acceptors (Lipinski definition) is 4. The molecule has 0 aliphatic heterocycles. The third kappa shape index (κ3) is 3.43. The zero-order chi connectivity index (χ0) is 12.8. The van der Waals surface area contributed by atoms with Crippen LogP contribution in [0.5, 0.6) is 0 Å². The van der Waals surface area contributed by atoms with Crippen molar-refractivity contribution in [3.8, 4) is 11.3 Å². The van der Waals surface area contributed by atoms with Crippen molar-refractivity contribution in [1.29, 1.82) is 0 Å². The predicted molar refractivity (Wildman–Crippen MR) is 74.2 cm³/mol. The van der Waals surface area contributed by atoms with Crippen molar-refractivity contribution in [2.45, 2.75) is 6.82 Å². The number of benzene rings is 1. The number of hydrazone groups is 1. The summed E-state index contributed by atoms with van der Waals surface area (Å²) in [6.07, 6.45) is 3.44. The highest BCUT2D eigenvalue weighted by Crippen LogP contribution is 2.15. The minimum Gasteiger partial charge on any atom is -0.432 e. The second-order valence-corrected chi connectivity index (χ2v) is 3.90. The lowest BCUT2D eigenvalue weighted by atomic mass is 9.91. The Bertz CT molecular complexity index is 512. The summed E-state index contributed by atoms with van der Waals surface area (Å²) in [7, 11) is -0.644. The number of hydrogen-bond donors (Lipinski definition) is 2. The van der Waals surface area contributed by atoms with Gasteiger partial charge in [0.25, 0.3) is 0 Å². The van der Waals surface area contributed by atoms with Gasteiger partial charge in [0.15, 0.2) is 0 Å². The first-order valence-corrected chi connectivity index (χ1v) is 5.74. The highest BCUT2D eigenvalue weighted by molar-refractivity contribution is 6.45. The van der Waals surface area contributed by atoms with E-state index in [4.69, 9.17) is 5.02 Å². The van der Waals surface area contributed by atoms with Crippen LogP contribution in [0.1, 0.15) is 5.56 Å². The van der Waals surface area contributed by atoms with E-state index in [2.05, 4.69) is 15.4 Å². The lowest BCUT2D eigenvalue weighted by Crippen LogP contribution is -2.25. The van der Waals surface area contributed by atoms with E-state index in [0.717, 1.165) is 16.8 Å². The summed E-state index contributed by atoms with van der Waals surface area (Å²) in [5.41, 5.74) is 2.97. The summed E-state index contributed by atoms with van der Waals surface area (Å²) >= 11 is 0. The average molecular weight is 239 g/mol. The summed E-state index contributed by atoms with van der Waals surface area (Å²) < 4.78 is 0. The van der Waals surface area contributed by atoms with Gasteiger partial charge in [0.05, 0.1) is 11.9 Å². The summed E-state index contributed by atoms with van der Waals surface area (Å²) in [5, 5.41) is 15.4. The Labute approximate surface area is 107 Å². The first kappa shape index (κ1) is 12.3. The molecule has 90 valence electrons. The summed E-state index contributed by atoms with van der Waals surface area (Å²) in [5.74, 6) is 0. The zero-order valence-corrected chi connectivity index (χ0v) is 10.1. The van der Waals surface area contributed by atoms with E-state index in [0.29, 0.717) is 0 Å². The van der Waals surface area contributed by atoms with Gasteiger partial charge < -0.3 is 10.4 Å². The zero-order valence-electron chi connectivity index (χ0n) is 10.1. The maximum absolute atomic E-state index is 8.99. The van der Waals surface area contributed by atoms with Crippen LogP contribution < -0.4 is 5.34 Å². The highest BCUT2D eigenvalue weighted by atomic mass is 16.2. The standard InChI is InChI=1S/C13H14BN3O/c1-14(18)17-16-10-11-5-7-12(8-6-11)13-4-2-3-9-15-13/h2-10,17-18H,1H3/b16-10+. The molecule has 0 spiro atoms. The number of aromatic nitrogens is 1. The van der Waals surface area contributed by atoms with Crippen molar-refractivity contribution in [3.05, 3.63) is 54.2 Å². The smallest absolute Gasteiger partial charge is 0.423 e. The average Bonchev–Trinajstić information content (AvgIpc) is 2.40. The SMILES string of the molecule is CB(O)N/N=C/c1ccc(-c2ccccn2)cc1. The van der Waals surface area contributed by atoms with Gasteiger partial charge in [-0.05, 0) is 24.5 Å². The topological polar surface area (TPSA) is 57.5 Å². The molecule has 18 heavy (non-hydrogen) atoms. The molecule has 0 saturated carbocycles. The maximum atomic E-state index is 8.99. The molecule has 0 atom stereocenters. The minimum absolute atomic E-state index is 0.644. The first-order valence-electron chi connectivity index (χ1n) is 5.74. The number of nitrogens with one attached hydrogen (secondary N) is 1. The summed E-state index contributed by atoms with van der Waals surface area (Å²) in [4.78, 5) is 4.28. The van der Waals surface area contributed by atoms with Crippen molar-refractivity contribution in [3.63, 3.8) is 0 Å². The van der Waals surface area contributed by atoms with Crippen molar-refractivity contribution in [2.24, 2.45) is 5.10 Å². The molecule has 0 radical (unpaired) electrons. The second kappa shape index (κ2) is 5.98. The van der Waals surface area contributed by atoms with Gasteiger partial charge in [-0.25, -0.2) is 0 Å². The Morgan fingerprint density at radius 3 is 2.61 bits per heavy atom. The van der Waals surface area contributed by atoms with E-state index in [9.17, 15) is 0 Å². The van der Waals surface area contributed by atoms with Crippen LogP contribution >= 0.6 is 0 Å². The van der Waals surface area contributed by atoms with Crippen LogP contribution in [0.2, 0.25) is 6.82 Å². The molecule has 4 nitrogen and oxygen atoms in total. The molecule has 2 rings (SSSR count). The Morgan fingerprint density at radius 1 is 1.22 bits per heavy atom. The number of pyridine rings is 1. The molecule has 0 aliphatic rings. The fourth-order valence-electron chi connectivity index (χ4n) is 1.49. The molecule has 1 aromatic heterocycles. The van der Waals surface area contributed by atoms with E-state index < -0.39 is 7.05 Å². The third-order valence-corrected chi connectivity index (χ3v) is 2.35. The van der Waals surface area contributed by atoms with Gasteiger partial charge >= 0.3 is 7.05 Å². The van der Waals surface area contributed by atoms with Gasteiger partial charge in [0, 0.05) is 11.8 Å². The molecule has 1 heterocycles. The fraction of sp³-hybridized carbons (Fsp3) is 0.0769. The molecule has 0 unspecified atom stereocenters. The van der Waals surface area contributed by atoms with Gasteiger partial charge in [-0.2, -0.15) is 5.10 Å². The lowest BCUT2D eigenvalue weighted by Gasteiger charge is -2.01. The molecular weight excluding hydrogens is 225 g/mol. The molecule has 0 saturated heterocycles. The minimum atomic E-state index is -0.644. The van der Waals surface area contributed by atoms with Crippen molar-refractivity contribution in [2.75, 3.05) is 0 Å². The Kier molecular flexibility index (Phi) is 4.09. The van der Waals surface area contributed by atoms with E-state index in [-0.39, 0.29) is 0 Å². The van der Waals surface area contributed by atoms with E-state index >= 15 is 0 Å². The van der Waals surface area contributed by atoms with Crippen molar-refractivity contribution >= 4 is 13.3 Å². The molecule has 5 heteroatoms. The Hall–Kier alpha value is -2.14. The van der Waals surface area contributed by atoms with E-state index in [1.54, 1.807) is 19.2 Å². The fourth-order valence-corrected chi connectivity index (χ4v) is 1.49. The molecule has 0 amide bonds. The second-order valence-electron chi connectivity index (χ2n) is 3.90. The van der Waals surface area contributed by atoms with Crippen LogP contribution in [0.3, 0.4) is 0 Å². The molecule has 0 bridgehead atoms. The molecule has 2 aromatic rings. The van der Waals surface area contributed by atoms with Crippen LogP contribution in [0.25, 0.3) is 11.3 Å². The molecule has 0 aliphatic carbocycles. The van der Waals surface area contributed by atoms with Crippen LogP contribution in [-0.4, -0.2) is 23.3 Å². The summed E-state index contributed by atoms with van der Waals surface area (Å²) in [6, 6.07) is 13.7. The molecular formula is C13H14BN3O. The summed E-state index contributed by atoms with van der Waals surface area (Å²) in [6.45, 7) is 1.61. The highest BCUT2D eigenvalue weighted by Gasteiger charge is 1.98. The van der Waals surface area contributed by atoms with Gasteiger partial charge in [-0.3, -0.25) is 4.98 Å². The molecule has 0 fully saturated rings. The normalized spacial score (nSPS) is 10.6. The molecule has 1 aromatic carbocycles.